The Morgan fingerprint density at radius 2 is 2.04 bits per heavy atom. The van der Waals surface area contributed by atoms with Crippen LogP contribution in [0.15, 0.2) is 41.5 Å². The van der Waals surface area contributed by atoms with E-state index in [-0.39, 0.29) is 16.8 Å². The topological polar surface area (TPSA) is 85.0 Å². The van der Waals surface area contributed by atoms with Crippen molar-refractivity contribution in [3.63, 3.8) is 0 Å². The number of thiophene rings is 1. The number of carbonyl (C=O) groups is 1. The Morgan fingerprint density at radius 3 is 2.61 bits per heavy atom. The predicted octanol–water partition coefficient (Wildman–Crippen LogP) is 3.03. The van der Waals surface area contributed by atoms with Crippen LogP contribution in [0.2, 0.25) is 0 Å². The molecule has 0 bridgehead atoms. The van der Waals surface area contributed by atoms with Crippen LogP contribution in [0, 0.1) is 15.9 Å². The molecule has 9 heteroatoms. The third-order valence-corrected chi connectivity index (χ3v) is 4.16. The highest BCUT2D eigenvalue weighted by atomic mass is 32.1. The van der Waals surface area contributed by atoms with E-state index in [0.717, 1.165) is 16.3 Å². The third kappa shape index (κ3) is 2.90. The second-order valence-corrected chi connectivity index (χ2v) is 5.77. The quantitative estimate of drug-likeness (QED) is 0.637. The summed E-state index contributed by atoms with van der Waals surface area (Å²) in [4.78, 5) is 22.5. The van der Waals surface area contributed by atoms with Gasteiger partial charge in [-0.1, -0.05) is 11.3 Å². The van der Waals surface area contributed by atoms with Crippen molar-refractivity contribution >= 4 is 28.1 Å². The molecule has 1 aromatic heterocycles. The van der Waals surface area contributed by atoms with Gasteiger partial charge in [0.15, 0.2) is 0 Å². The monoisotopic (exact) mass is 335 g/mol. The van der Waals surface area contributed by atoms with Crippen molar-refractivity contribution in [1.29, 1.82) is 0 Å². The highest BCUT2D eigenvalue weighted by Crippen LogP contribution is 2.36. The van der Waals surface area contributed by atoms with Gasteiger partial charge in [-0.25, -0.2) is 4.39 Å². The van der Waals surface area contributed by atoms with Crippen molar-refractivity contribution < 1.29 is 18.8 Å². The van der Waals surface area contributed by atoms with Gasteiger partial charge in [0, 0.05) is 18.6 Å². The maximum atomic E-state index is 13.0. The summed E-state index contributed by atoms with van der Waals surface area (Å²) >= 11 is 0.908. The van der Waals surface area contributed by atoms with Crippen LogP contribution in [-0.2, 0) is 9.53 Å². The molecule has 7 nitrogen and oxygen atoms in total. The number of amides is 1. The Bertz CT molecular complexity index is 803. The molecule has 1 atom stereocenters. The Hall–Kier alpha value is -2.81. The summed E-state index contributed by atoms with van der Waals surface area (Å²) < 4.78 is 18.7. The van der Waals surface area contributed by atoms with Crippen LogP contribution in [-0.4, -0.2) is 21.7 Å². The van der Waals surface area contributed by atoms with Crippen molar-refractivity contribution in [2.75, 3.05) is 0 Å². The number of carbonyl (C=O) groups excluding carboxylic acids is 1. The van der Waals surface area contributed by atoms with Crippen molar-refractivity contribution in [3.05, 3.63) is 62.8 Å². The lowest BCUT2D eigenvalue weighted by atomic mass is 10.2. The van der Waals surface area contributed by atoms with Crippen LogP contribution in [0.25, 0.3) is 0 Å². The van der Waals surface area contributed by atoms with E-state index in [2.05, 4.69) is 5.10 Å². The highest BCUT2D eigenvalue weighted by molar-refractivity contribution is 7.15. The fraction of sp³-hybridized carbons (Fsp3) is 0.143. The molecule has 0 saturated carbocycles. The Labute approximate surface area is 133 Å². The first kappa shape index (κ1) is 15.1. The van der Waals surface area contributed by atoms with Crippen LogP contribution in [0.4, 0.5) is 9.39 Å². The molecule has 1 unspecified atom stereocenters. The second-order valence-electron chi connectivity index (χ2n) is 4.68. The van der Waals surface area contributed by atoms with Gasteiger partial charge in [0.25, 0.3) is 0 Å². The summed E-state index contributed by atoms with van der Waals surface area (Å²) in [5.41, 5.74) is 0.506. The van der Waals surface area contributed by atoms with Crippen molar-refractivity contribution in [2.45, 2.75) is 13.2 Å². The molecule has 1 aliphatic heterocycles. The lowest BCUT2D eigenvalue weighted by Crippen LogP contribution is -2.24. The molecule has 118 valence electrons. The number of ether oxygens (including phenoxy) is 1. The minimum absolute atomic E-state index is 0.0534. The van der Waals surface area contributed by atoms with Crippen LogP contribution in [0.5, 0.6) is 0 Å². The summed E-state index contributed by atoms with van der Waals surface area (Å²) in [5, 5.41) is 15.9. The van der Waals surface area contributed by atoms with Crippen LogP contribution < -0.4 is 0 Å². The number of hydrogen-bond acceptors (Lipinski definition) is 6. The number of nitro groups is 1. The Balaban J connectivity index is 1.91. The molecule has 2 aromatic rings. The maximum absolute atomic E-state index is 13.0. The van der Waals surface area contributed by atoms with Crippen molar-refractivity contribution in [3.8, 4) is 0 Å². The summed E-state index contributed by atoms with van der Waals surface area (Å²) in [5.74, 6) is -0.620. The van der Waals surface area contributed by atoms with Gasteiger partial charge < -0.3 is 4.74 Å². The fourth-order valence-electron chi connectivity index (χ4n) is 2.03. The molecular formula is C14H10FN3O4S. The zero-order chi connectivity index (χ0) is 16.6. The predicted molar refractivity (Wildman–Crippen MR) is 80.3 cm³/mol. The largest absolute Gasteiger partial charge is 0.445 e. The zero-order valence-corrected chi connectivity index (χ0v) is 12.6. The molecule has 0 N–H and O–H groups in total. The van der Waals surface area contributed by atoms with Crippen LogP contribution >= 0.6 is 11.3 Å². The number of benzene rings is 1. The van der Waals surface area contributed by atoms with Crippen molar-refractivity contribution in [2.24, 2.45) is 5.10 Å². The van der Waals surface area contributed by atoms with E-state index in [1.807, 2.05) is 0 Å². The molecule has 0 saturated heterocycles. The molecule has 1 aliphatic rings. The lowest BCUT2D eigenvalue weighted by Gasteiger charge is -2.17. The van der Waals surface area contributed by atoms with E-state index in [0.29, 0.717) is 10.4 Å². The minimum Gasteiger partial charge on any atom is -0.445 e. The van der Waals surface area contributed by atoms with Gasteiger partial charge in [0.2, 0.25) is 18.0 Å². The SMILES string of the molecule is CC(=O)N1N=C(c2ccc(F)cc2)OC1c1ccc([N+](=O)[O-])s1. The third-order valence-electron chi connectivity index (χ3n) is 3.09. The summed E-state index contributed by atoms with van der Waals surface area (Å²) in [7, 11) is 0. The first-order valence-electron chi connectivity index (χ1n) is 6.51. The van der Waals surface area contributed by atoms with Gasteiger partial charge in [-0.2, -0.15) is 5.01 Å². The molecular weight excluding hydrogens is 325 g/mol. The number of rotatable bonds is 3. The summed E-state index contributed by atoms with van der Waals surface area (Å²) in [6.45, 7) is 1.31. The zero-order valence-electron chi connectivity index (χ0n) is 11.8. The van der Waals surface area contributed by atoms with Gasteiger partial charge in [0.05, 0.1) is 9.80 Å². The maximum Gasteiger partial charge on any atom is 0.324 e. The fourth-order valence-corrected chi connectivity index (χ4v) is 2.87. The highest BCUT2D eigenvalue weighted by Gasteiger charge is 2.35. The molecule has 0 spiro atoms. The Morgan fingerprint density at radius 1 is 1.35 bits per heavy atom. The number of nitrogens with zero attached hydrogens (tertiary/aromatic N) is 3. The molecule has 2 heterocycles. The van der Waals surface area contributed by atoms with E-state index in [1.165, 1.54) is 43.3 Å². The van der Waals surface area contributed by atoms with E-state index in [4.69, 9.17) is 4.74 Å². The smallest absolute Gasteiger partial charge is 0.324 e. The molecule has 0 radical (unpaired) electrons. The summed E-state index contributed by atoms with van der Waals surface area (Å²) in [6.07, 6.45) is -0.869. The van der Waals surface area contributed by atoms with Gasteiger partial charge in [0.1, 0.15) is 5.82 Å². The van der Waals surface area contributed by atoms with E-state index in [9.17, 15) is 19.3 Å². The van der Waals surface area contributed by atoms with Gasteiger partial charge in [-0.3, -0.25) is 14.9 Å². The Kier molecular flexibility index (Phi) is 3.78. The normalized spacial score (nSPS) is 16.9. The van der Waals surface area contributed by atoms with Crippen LogP contribution in [0.1, 0.15) is 23.6 Å². The second kappa shape index (κ2) is 5.76. The summed E-state index contributed by atoms with van der Waals surface area (Å²) in [6, 6.07) is 8.33. The average Bonchev–Trinajstić information content (AvgIpc) is 3.14. The number of halogens is 1. The van der Waals surface area contributed by atoms with Crippen LogP contribution in [0.3, 0.4) is 0 Å². The minimum atomic E-state index is -0.869. The molecule has 0 aliphatic carbocycles. The molecule has 1 amide bonds. The van der Waals surface area contributed by atoms with E-state index < -0.39 is 17.0 Å². The van der Waals surface area contributed by atoms with Crippen molar-refractivity contribution in [1.82, 2.24) is 5.01 Å². The first-order valence-corrected chi connectivity index (χ1v) is 7.32. The van der Waals surface area contributed by atoms with Gasteiger partial charge in [-0.05, 0) is 30.3 Å². The first-order chi connectivity index (χ1) is 11.0. The molecule has 1 aromatic carbocycles. The number of hydrogen-bond donors (Lipinski definition) is 0. The van der Waals surface area contributed by atoms with Gasteiger partial charge in [-0.15, -0.1) is 5.10 Å². The average molecular weight is 335 g/mol. The van der Waals surface area contributed by atoms with E-state index in [1.54, 1.807) is 0 Å². The lowest BCUT2D eigenvalue weighted by molar-refractivity contribution is -0.380. The number of hydrazone groups is 1. The molecule has 3 rings (SSSR count). The molecule has 23 heavy (non-hydrogen) atoms. The molecule has 0 fully saturated rings. The van der Waals surface area contributed by atoms with E-state index >= 15 is 0 Å². The van der Waals surface area contributed by atoms with Gasteiger partial charge >= 0.3 is 5.00 Å². The standard InChI is InChI=1S/C14H10FN3O4S/c1-8(19)17-14(11-6-7-12(23-11)18(20)21)22-13(16-17)9-2-4-10(15)5-3-9/h2-7,14H,1H3.